The number of hydrogen-bond donors (Lipinski definition) is 0. The molecular formula is C20H25N3OS. The molecule has 0 aromatic carbocycles. The third-order valence-corrected chi connectivity index (χ3v) is 6.38. The van der Waals surface area contributed by atoms with Gasteiger partial charge in [-0.2, -0.15) is 0 Å². The lowest BCUT2D eigenvalue weighted by Gasteiger charge is -2.47. The van der Waals surface area contributed by atoms with Crippen LogP contribution in [0.5, 0.6) is 0 Å². The van der Waals surface area contributed by atoms with E-state index in [2.05, 4.69) is 38.4 Å². The van der Waals surface area contributed by atoms with Crippen molar-refractivity contribution in [2.24, 2.45) is 5.92 Å². The van der Waals surface area contributed by atoms with Gasteiger partial charge < -0.3 is 4.90 Å². The van der Waals surface area contributed by atoms with Gasteiger partial charge in [-0.15, -0.1) is 11.3 Å². The van der Waals surface area contributed by atoms with Crippen molar-refractivity contribution in [2.45, 2.75) is 38.3 Å². The molecule has 0 radical (unpaired) electrons. The van der Waals surface area contributed by atoms with E-state index in [1.165, 1.54) is 4.88 Å². The Bertz CT molecular complexity index is 688. The highest BCUT2D eigenvalue weighted by Crippen LogP contribution is 2.32. The summed E-state index contributed by atoms with van der Waals surface area (Å²) in [6.45, 7) is 4.08. The number of hydrogen-bond acceptors (Lipinski definition) is 4. The van der Waals surface area contributed by atoms with Crippen LogP contribution in [0.2, 0.25) is 0 Å². The summed E-state index contributed by atoms with van der Waals surface area (Å²) in [5.74, 6) is 0.957. The standard InChI is InChI=1S/C20H25N3OS/c24-20-7-6-16-14-22(15-18-5-3-13-25-18)11-9-19(16)23(20)12-8-17-4-1-2-10-21-17/h1-5,10,13,16,19H,6-9,11-12,14-15H2/t16-,19+/m0/s1. The molecule has 2 aromatic heterocycles. The number of piperidine rings is 2. The van der Waals surface area contributed by atoms with Crippen molar-refractivity contribution in [3.63, 3.8) is 0 Å². The molecule has 1 amide bonds. The van der Waals surface area contributed by atoms with Crippen molar-refractivity contribution < 1.29 is 4.79 Å². The van der Waals surface area contributed by atoms with E-state index in [1.807, 2.05) is 29.7 Å². The Morgan fingerprint density at radius 1 is 1.20 bits per heavy atom. The van der Waals surface area contributed by atoms with Crippen LogP contribution in [0, 0.1) is 5.92 Å². The normalized spacial score (nSPS) is 24.3. The molecule has 2 aliphatic heterocycles. The summed E-state index contributed by atoms with van der Waals surface area (Å²) in [6.07, 6.45) is 5.54. The molecule has 2 aliphatic rings. The fraction of sp³-hybridized carbons (Fsp3) is 0.500. The second-order valence-corrected chi connectivity index (χ2v) is 8.16. The Balaban J connectivity index is 1.37. The number of pyridine rings is 1. The fourth-order valence-electron chi connectivity index (χ4n) is 4.26. The maximum atomic E-state index is 12.5. The van der Waals surface area contributed by atoms with Gasteiger partial charge in [0.25, 0.3) is 0 Å². The Kier molecular flexibility index (Phi) is 5.13. The number of aromatic nitrogens is 1. The molecule has 0 N–H and O–H groups in total. The molecule has 4 nitrogen and oxygen atoms in total. The maximum absolute atomic E-state index is 12.5. The molecule has 0 bridgehead atoms. The van der Waals surface area contributed by atoms with Crippen LogP contribution in [0.4, 0.5) is 0 Å². The average molecular weight is 356 g/mol. The van der Waals surface area contributed by atoms with E-state index in [1.54, 1.807) is 0 Å². The lowest BCUT2D eigenvalue weighted by Crippen LogP contribution is -2.56. The van der Waals surface area contributed by atoms with Crippen LogP contribution in [0.15, 0.2) is 41.9 Å². The lowest BCUT2D eigenvalue weighted by atomic mass is 9.83. The van der Waals surface area contributed by atoms with E-state index in [4.69, 9.17) is 0 Å². The second-order valence-electron chi connectivity index (χ2n) is 7.13. The fourth-order valence-corrected chi connectivity index (χ4v) is 5.01. The Hall–Kier alpha value is -1.72. The first-order valence-corrected chi connectivity index (χ1v) is 10.1. The third-order valence-electron chi connectivity index (χ3n) is 5.52. The molecule has 0 unspecified atom stereocenters. The number of fused-ring (bicyclic) bond motifs is 1. The highest BCUT2D eigenvalue weighted by Gasteiger charge is 2.38. The Labute approximate surface area is 153 Å². The smallest absolute Gasteiger partial charge is 0.222 e. The van der Waals surface area contributed by atoms with Crippen LogP contribution >= 0.6 is 11.3 Å². The highest BCUT2D eigenvalue weighted by atomic mass is 32.1. The Morgan fingerprint density at radius 3 is 2.96 bits per heavy atom. The SMILES string of the molecule is O=C1CC[C@H]2CN(Cc3cccs3)CC[C@H]2N1CCc1ccccn1. The van der Waals surface area contributed by atoms with Crippen LogP contribution in [0.3, 0.4) is 0 Å². The van der Waals surface area contributed by atoms with Gasteiger partial charge >= 0.3 is 0 Å². The Morgan fingerprint density at radius 2 is 2.16 bits per heavy atom. The first kappa shape index (κ1) is 16.7. The molecule has 0 aliphatic carbocycles. The summed E-state index contributed by atoms with van der Waals surface area (Å²) in [7, 11) is 0. The molecule has 25 heavy (non-hydrogen) atoms. The van der Waals surface area contributed by atoms with E-state index < -0.39 is 0 Å². The number of likely N-dealkylation sites (tertiary alicyclic amines) is 2. The molecule has 0 saturated carbocycles. The minimum atomic E-state index is 0.337. The number of amides is 1. The van der Waals surface area contributed by atoms with E-state index in [9.17, 15) is 4.79 Å². The van der Waals surface area contributed by atoms with Crippen molar-refractivity contribution >= 4 is 17.2 Å². The van der Waals surface area contributed by atoms with Crippen molar-refractivity contribution in [2.75, 3.05) is 19.6 Å². The molecule has 2 fully saturated rings. The van der Waals surface area contributed by atoms with Gasteiger partial charge in [0, 0.05) is 61.8 Å². The van der Waals surface area contributed by atoms with E-state index in [0.29, 0.717) is 24.3 Å². The highest BCUT2D eigenvalue weighted by molar-refractivity contribution is 7.09. The lowest BCUT2D eigenvalue weighted by molar-refractivity contribution is -0.141. The van der Waals surface area contributed by atoms with Gasteiger partial charge in [-0.05, 0) is 42.3 Å². The predicted octanol–water partition coefficient (Wildman–Crippen LogP) is 3.20. The summed E-state index contributed by atoms with van der Waals surface area (Å²) in [6, 6.07) is 10.8. The van der Waals surface area contributed by atoms with Crippen molar-refractivity contribution in [3.05, 3.63) is 52.5 Å². The number of rotatable bonds is 5. The van der Waals surface area contributed by atoms with Gasteiger partial charge in [-0.1, -0.05) is 12.1 Å². The molecule has 2 atom stereocenters. The predicted molar refractivity (Wildman–Crippen MR) is 100 cm³/mol. The van der Waals surface area contributed by atoms with E-state index in [0.717, 1.165) is 51.1 Å². The topological polar surface area (TPSA) is 36.4 Å². The minimum absolute atomic E-state index is 0.337. The van der Waals surface area contributed by atoms with Crippen LogP contribution in [-0.4, -0.2) is 46.4 Å². The zero-order chi connectivity index (χ0) is 17.1. The van der Waals surface area contributed by atoms with Gasteiger partial charge in [0.15, 0.2) is 0 Å². The number of carbonyl (C=O) groups is 1. The number of nitrogens with zero attached hydrogens (tertiary/aromatic N) is 3. The molecule has 4 rings (SSSR count). The molecular weight excluding hydrogens is 330 g/mol. The van der Waals surface area contributed by atoms with Crippen LogP contribution in [0.25, 0.3) is 0 Å². The van der Waals surface area contributed by atoms with E-state index >= 15 is 0 Å². The van der Waals surface area contributed by atoms with Crippen LogP contribution in [0.1, 0.15) is 29.8 Å². The van der Waals surface area contributed by atoms with Crippen molar-refractivity contribution in [1.82, 2.24) is 14.8 Å². The van der Waals surface area contributed by atoms with Gasteiger partial charge in [-0.3, -0.25) is 14.7 Å². The summed E-state index contributed by atoms with van der Waals surface area (Å²) >= 11 is 1.84. The van der Waals surface area contributed by atoms with Crippen molar-refractivity contribution in [3.8, 4) is 0 Å². The second kappa shape index (κ2) is 7.67. The van der Waals surface area contributed by atoms with Gasteiger partial charge in [-0.25, -0.2) is 0 Å². The maximum Gasteiger partial charge on any atom is 0.222 e. The van der Waals surface area contributed by atoms with Gasteiger partial charge in [0.1, 0.15) is 0 Å². The van der Waals surface area contributed by atoms with Crippen molar-refractivity contribution in [1.29, 1.82) is 0 Å². The summed E-state index contributed by atoms with van der Waals surface area (Å²) in [5.41, 5.74) is 1.08. The largest absolute Gasteiger partial charge is 0.339 e. The zero-order valence-electron chi connectivity index (χ0n) is 14.5. The van der Waals surface area contributed by atoms with Gasteiger partial charge in [0.05, 0.1) is 0 Å². The quantitative estimate of drug-likeness (QED) is 0.826. The number of thiophene rings is 1. The monoisotopic (exact) mass is 355 g/mol. The first-order valence-electron chi connectivity index (χ1n) is 9.24. The average Bonchev–Trinajstić information content (AvgIpc) is 3.15. The summed E-state index contributed by atoms with van der Waals surface area (Å²) in [5, 5.41) is 2.15. The van der Waals surface area contributed by atoms with E-state index in [-0.39, 0.29) is 0 Å². The third kappa shape index (κ3) is 3.93. The zero-order valence-corrected chi connectivity index (χ0v) is 15.3. The summed E-state index contributed by atoms with van der Waals surface area (Å²) in [4.78, 5) is 23.1. The molecule has 132 valence electrons. The van der Waals surface area contributed by atoms with Crippen LogP contribution < -0.4 is 0 Å². The first-order chi connectivity index (χ1) is 12.3. The van der Waals surface area contributed by atoms with Gasteiger partial charge in [0.2, 0.25) is 5.91 Å². The molecule has 4 heterocycles. The molecule has 5 heteroatoms. The molecule has 2 aromatic rings. The summed E-state index contributed by atoms with van der Waals surface area (Å²) < 4.78 is 0. The molecule has 0 spiro atoms. The number of carbonyl (C=O) groups excluding carboxylic acids is 1. The molecule has 2 saturated heterocycles. The minimum Gasteiger partial charge on any atom is -0.339 e. The van der Waals surface area contributed by atoms with Crippen LogP contribution in [-0.2, 0) is 17.8 Å².